The first-order valence-electron chi connectivity index (χ1n) is 7.54. The number of nitrogens with one attached hydrogen (secondary N) is 2. The lowest BCUT2D eigenvalue weighted by molar-refractivity contribution is -0.120. The molecule has 1 aromatic carbocycles. The van der Waals surface area contributed by atoms with Crippen LogP contribution in [0.3, 0.4) is 0 Å². The number of carbonyl (C=O) groups excluding carboxylic acids is 1. The molecule has 1 aromatic rings. The van der Waals surface area contributed by atoms with E-state index in [2.05, 4.69) is 17.6 Å². The SMILES string of the molecule is CCCCOc1ccccc1NC(=O)C1CCCNC1.Cl. The number of hydrogen-bond donors (Lipinski definition) is 2. The number of unbranched alkanes of at least 4 members (excludes halogenated alkanes) is 1. The zero-order valence-electron chi connectivity index (χ0n) is 12.6. The van der Waals surface area contributed by atoms with Gasteiger partial charge in [-0.1, -0.05) is 25.5 Å². The first kappa shape index (κ1) is 17.8. The molecular formula is C16H25ClN2O2. The van der Waals surface area contributed by atoms with Crippen LogP contribution in [0.2, 0.25) is 0 Å². The number of rotatable bonds is 6. The van der Waals surface area contributed by atoms with E-state index in [1.807, 2.05) is 24.3 Å². The normalized spacial score (nSPS) is 17.7. The van der Waals surface area contributed by atoms with E-state index in [1.54, 1.807) is 0 Å². The summed E-state index contributed by atoms with van der Waals surface area (Å²) in [5, 5.41) is 6.27. The first-order chi connectivity index (χ1) is 9.81. The molecule has 118 valence electrons. The molecule has 1 fully saturated rings. The van der Waals surface area contributed by atoms with E-state index in [0.29, 0.717) is 6.61 Å². The summed E-state index contributed by atoms with van der Waals surface area (Å²) in [4.78, 5) is 12.2. The van der Waals surface area contributed by atoms with Crippen molar-refractivity contribution in [2.75, 3.05) is 25.0 Å². The summed E-state index contributed by atoms with van der Waals surface area (Å²) in [6, 6.07) is 7.65. The van der Waals surface area contributed by atoms with Gasteiger partial charge < -0.3 is 15.4 Å². The Morgan fingerprint density at radius 2 is 2.24 bits per heavy atom. The number of hydrogen-bond acceptors (Lipinski definition) is 3. The molecule has 1 aliphatic rings. The van der Waals surface area contributed by atoms with Crippen LogP contribution in [0.25, 0.3) is 0 Å². The molecule has 2 N–H and O–H groups in total. The van der Waals surface area contributed by atoms with E-state index < -0.39 is 0 Å². The van der Waals surface area contributed by atoms with Crippen LogP contribution in [-0.4, -0.2) is 25.6 Å². The highest BCUT2D eigenvalue weighted by atomic mass is 35.5. The van der Waals surface area contributed by atoms with Crippen LogP contribution in [0.15, 0.2) is 24.3 Å². The van der Waals surface area contributed by atoms with Crippen LogP contribution in [0.4, 0.5) is 5.69 Å². The highest BCUT2D eigenvalue weighted by Crippen LogP contribution is 2.25. The van der Waals surface area contributed by atoms with Gasteiger partial charge in [-0.05, 0) is 37.9 Å². The van der Waals surface area contributed by atoms with Gasteiger partial charge >= 0.3 is 0 Å². The third-order valence-electron chi connectivity index (χ3n) is 3.57. The molecule has 1 atom stereocenters. The summed E-state index contributed by atoms with van der Waals surface area (Å²) >= 11 is 0. The number of ether oxygens (including phenoxy) is 1. The number of halogens is 1. The van der Waals surface area contributed by atoms with Crippen molar-refractivity contribution in [1.29, 1.82) is 0 Å². The second-order valence-electron chi connectivity index (χ2n) is 5.23. The predicted molar refractivity (Wildman–Crippen MR) is 88.3 cm³/mol. The molecule has 1 aliphatic heterocycles. The third kappa shape index (κ3) is 5.56. The van der Waals surface area contributed by atoms with Crippen molar-refractivity contribution in [3.8, 4) is 5.75 Å². The minimum Gasteiger partial charge on any atom is -0.491 e. The summed E-state index contributed by atoms with van der Waals surface area (Å²) in [5.74, 6) is 0.911. The topological polar surface area (TPSA) is 50.4 Å². The van der Waals surface area contributed by atoms with Crippen molar-refractivity contribution in [2.24, 2.45) is 5.92 Å². The zero-order valence-corrected chi connectivity index (χ0v) is 13.4. The maximum Gasteiger partial charge on any atom is 0.228 e. The first-order valence-corrected chi connectivity index (χ1v) is 7.54. The lowest BCUT2D eigenvalue weighted by atomic mass is 9.99. The molecule has 0 bridgehead atoms. The van der Waals surface area contributed by atoms with E-state index >= 15 is 0 Å². The molecule has 1 amide bonds. The van der Waals surface area contributed by atoms with Crippen LogP contribution in [0.1, 0.15) is 32.6 Å². The van der Waals surface area contributed by atoms with Crippen molar-refractivity contribution >= 4 is 24.0 Å². The smallest absolute Gasteiger partial charge is 0.228 e. The Kier molecular flexibility index (Phi) is 8.16. The Morgan fingerprint density at radius 1 is 1.43 bits per heavy atom. The van der Waals surface area contributed by atoms with Gasteiger partial charge in [0.25, 0.3) is 0 Å². The maximum absolute atomic E-state index is 12.2. The van der Waals surface area contributed by atoms with Crippen molar-refractivity contribution in [3.63, 3.8) is 0 Å². The second-order valence-corrected chi connectivity index (χ2v) is 5.23. The molecular weight excluding hydrogens is 288 g/mol. The van der Waals surface area contributed by atoms with E-state index in [-0.39, 0.29) is 24.2 Å². The zero-order chi connectivity index (χ0) is 14.2. The molecule has 1 saturated heterocycles. The van der Waals surface area contributed by atoms with Crippen molar-refractivity contribution < 1.29 is 9.53 Å². The Hall–Kier alpha value is -1.26. The molecule has 21 heavy (non-hydrogen) atoms. The van der Waals surface area contributed by atoms with E-state index in [0.717, 1.165) is 50.2 Å². The number of anilines is 1. The van der Waals surface area contributed by atoms with E-state index in [4.69, 9.17) is 4.74 Å². The van der Waals surface area contributed by atoms with Crippen LogP contribution in [-0.2, 0) is 4.79 Å². The fourth-order valence-electron chi connectivity index (χ4n) is 2.33. The van der Waals surface area contributed by atoms with Gasteiger partial charge in [-0.3, -0.25) is 4.79 Å². The molecule has 0 aliphatic carbocycles. The summed E-state index contributed by atoms with van der Waals surface area (Å²) < 4.78 is 5.74. The Bertz CT molecular complexity index is 434. The Morgan fingerprint density at radius 3 is 2.95 bits per heavy atom. The molecule has 5 heteroatoms. The van der Waals surface area contributed by atoms with Crippen LogP contribution in [0, 0.1) is 5.92 Å². The van der Waals surface area contributed by atoms with Crippen LogP contribution >= 0.6 is 12.4 Å². The summed E-state index contributed by atoms with van der Waals surface area (Å²) in [7, 11) is 0. The van der Waals surface area contributed by atoms with Crippen LogP contribution < -0.4 is 15.4 Å². The summed E-state index contributed by atoms with van der Waals surface area (Å²) in [5.41, 5.74) is 0.777. The second kappa shape index (κ2) is 9.64. The van der Waals surface area contributed by atoms with Gasteiger partial charge in [0, 0.05) is 6.54 Å². The molecule has 4 nitrogen and oxygen atoms in total. The summed E-state index contributed by atoms with van der Waals surface area (Å²) in [6.45, 7) is 4.60. The van der Waals surface area contributed by atoms with Gasteiger partial charge in [-0.15, -0.1) is 12.4 Å². The number of carbonyl (C=O) groups is 1. The average molecular weight is 313 g/mol. The Labute approximate surface area is 133 Å². The monoisotopic (exact) mass is 312 g/mol. The standard InChI is InChI=1S/C16H24N2O2.ClH/c1-2-3-11-20-15-9-5-4-8-14(15)18-16(19)13-7-6-10-17-12-13;/h4-5,8-9,13,17H,2-3,6-7,10-12H2,1H3,(H,18,19);1H. The minimum atomic E-state index is 0. The molecule has 0 spiro atoms. The third-order valence-corrected chi connectivity index (χ3v) is 3.57. The number of piperidine rings is 1. The van der Waals surface area contributed by atoms with Crippen molar-refractivity contribution in [1.82, 2.24) is 5.32 Å². The van der Waals surface area contributed by atoms with Crippen LogP contribution in [0.5, 0.6) is 5.75 Å². The highest BCUT2D eigenvalue weighted by molar-refractivity contribution is 5.94. The minimum absolute atomic E-state index is 0. The van der Waals surface area contributed by atoms with E-state index in [9.17, 15) is 4.79 Å². The molecule has 1 heterocycles. The lowest BCUT2D eigenvalue weighted by Crippen LogP contribution is -2.37. The largest absolute Gasteiger partial charge is 0.491 e. The molecule has 0 saturated carbocycles. The van der Waals surface area contributed by atoms with Gasteiger partial charge in [-0.25, -0.2) is 0 Å². The van der Waals surface area contributed by atoms with Gasteiger partial charge in [0.2, 0.25) is 5.91 Å². The quantitative estimate of drug-likeness (QED) is 0.793. The van der Waals surface area contributed by atoms with Gasteiger partial charge in [0.1, 0.15) is 5.75 Å². The summed E-state index contributed by atoms with van der Waals surface area (Å²) in [6.07, 6.45) is 4.14. The maximum atomic E-state index is 12.2. The van der Waals surface area contributed by atoms with Gasteiger partial charge in [-0.2, -0.15) is 0 Å². The lowest BCUT2D eigenvalue weighted by Gasteiger charge is -2.22. The number of amides is 1. The average Bonchev–Trinajstić information content (AvgIpc) is 2.50. The van der Waals surface area contributed by atoms with Gasteiger partial charge in [0.15, 0.2) is 0 Å². The molecule has 2 rings (SSSR count). The predicted octanol–water partition coefficient (Wildman–Crippen LogP) is 3.23. The van der Waals surface area contributed by atoms with Gasteiger partial charge in [0.05, 0.1) is 18.2 Å². The fourth-order valence-corrected chi connectivity index (χ4v) is 2.33. The highest BCUT2D eigenvalue weighted by Gasteiger charge is 2.21. The van der Waals surface area contributed by atoms with E-state index in [1.165, 1.54) is 0 Å². The number of benzene rings is 1. The fraction of sp³-hybridized carbons (Fsp3) is 0.562. The molecule has 1 unspecified atom stereocenters. The van der Waals surface area contributed by atoms with Crippen molar-refractivity contribution in [3.05, 3.63) is 24.3 Å². The number of para-hydroxylation sites is 2. The molecule has 0 radical (unpaired) electrons. The molecule has 0 aromatic heterocycles. The van der Waals surface area contributed by atoms with Crippen molar-refractivity contribution in [2.45, 2.75) is 32.6 Å². The Balaban J connectivity index is 0.00000220.